The van der Waals surface area contributed by atoms with Crippen LogP contribution in [0.25, 0.3) is 5.76 Å². The molecule has 6 nitrogen and oxygen atoms in total. The Bertz CT molecular complexity index is 1300. The van der Waals surface area contributed by atoms with Crippen LogP contribution < -0.4 is 14.7 Å². The lowest BCUT2D eigenvalue weighted by molar-refractivity contribution is -0.857. The van der Waals surface area contributed by atoms with Crippen LogP contribution in [0.3, 0.4) is 0 Å². The van der Waals surface area contributed by atoms with Crippen LogP contribution in [0.5, 0.6) is 5.75 Å². The number of likely N-dealkylation sites (N-methyl/N-ethyl adjacent to an activating group) is 1. The first-order valence-electron chi connectivity index (χ1n) is 11.8. The number of likely N-dealkylation sites (tertiary alicyclic amines) is 1. The molecule has 1 atom stereocenters. The molecule has 0 bridgehead atoms. The van der Waals surface area contributed by atoms with Gasteiger partial charge in [-0.05, 0) is 53.4 Å². The highest BCUT2D eigenvalue weighted by atomic mass is 79.9. The smallest absolute Gasteiger partial charge is 0.295 e. The number of amides is 1. The van der Waals surface area contributed by atoms with Crippen LogP contribution >= 0.6 is 15.9 Å². The van der Waals surface area contributed by atoms with E-state index in [1.54, 1.807) is 18.2 Å². The zero-order valence-corrected chi connectivity index (χ0v) is 22.2. The number of hydrogen-bond acceptors (Lipinski definition) is 4. The highest BCUT2D eigenvalue weighted by Crippen LogP contribution is 2.39. The number of aryl methyl sites for hydroxylation is 1. The Hall–Kier alpha value is -3.42. The molecule has 1 aliphatic heterocycles. The van der Waals surface area contributed by atoms with Gasteiger partial charge in [-0.3, -0.25) is 9.59 Å². The Balaban J connectivity index is 1.71. The SMILES string of the molecule is Cc1cc(OCc2ccccc2)ccc1/C([O-])=C1\C(=O)C(=O)N(CC[NH+](C)C)C1c1cccc(Br)c1. The predicted molar refractivity (Wildman–Crippen MR) is 140 cm³/mol. The van der Waals surface area contributed by atoms with Crippen molar-refractivity contribution < 1.29 is 24.3 Å². The number of nitrogens with one attached hydrogen (secondary N) is 1. The van der Waals surface area contributed by atoms with Gasteiger partial charge >= 0.3 is 0 Å². The summed E-state index contributed by atoms with van der Waals surface area (Å²) in [7, 11) is 3.97. The number of halogens is 1. The first-order valence-corrected chi connectivity index (χ1v) is 12.6. The van der Waals surface area contributed by atoms with Gasteiger partial charge in [-0.25, -0.2) is 0 Å². The minimum atomic E-state index is -0.734. The number of ketones is 1. The number of rotatable bonds is 8. The first-order chi connectivity index (χ1) is 17.3. The van der Waals surface area contributed by atoms with E-state index in [1.165, 1.54) is 4.90 Å². The van der Waals surface area contributed by atoms with E-state index in [1.807, 2.05) is 75.6 Å². The number of hydrogen-bond donors (Lipinski definition) is 1. The second-order valence-corrected chi connectivity index (χ2v) is 10.2. The van der Waals surface area contributed by atoms with Crippen molar-refractivity contribution in [1.82, 2.24) is 4.90 Å². The highest BCUT2D eigenvalue weighted by molar-refractivity contribution is 9.10. The van der Waals surface area contributed by atoms with Crippen molar-refractivity contribution >= 4 is 33.4 Å². The third kappa shape index (κ3) is 5.53. The van der Waals surface area contributed by atoms with E-state index in [4.69, 9.17) is 4.74 Å². The lowest BCUT2D eigenvalue weighted by atomic mass is 9.94. The van der Waals surface area contributed by atoms with Crippen LogP contribution in [0.4, 0.5) is 0 Å². The molecule has 36 heavy (non-hydrogen) atoms. The standard InChI is InChI=1S/C29H29BrN2O4/c1-19-16-23(36-18-20-8-5-4-6-9-20)12-13-24(19)27(33)25-26(21-10-7-11-22(30)17-21)32(15-14-31(2)3)29(35)28(25)34/h4-13,16-17,26,33H,14-15,18H2,1-3H3/b27-25+. The van der Waals surface area contributed by atoms with Gasteiger partial charge in [-0.2, -0.15) is 0 Å². The van der Waals surface area contributed by atoms with Crippen LogP contribution in [0.1, 0.15) is 28.3 Å². The van der Waals surface area contributed by atoms with Crippen LogP contribution in [-0.2, 0) is 16.2 Å². The maximum absolute atomic E-state index is 13.8. The molecule has 1 heterocycles. The zero-order chi connectivity index (χ0) is 25.8. The number of carbonyl (C=O) groups excluding carboxylic acids is 2. The van der Waals surface area contributed by atoms with Gasteiger partial charge in [-0.1, -0.05) is 70.2 Å². The summed E-state index contributed by atoms with van der Waals surface area (Å²) in [5.74, 6) is -1.16. The van der Waals surface area contributed by atoms with Crippen molar-refractivity contribution in [1.29, 1.82) is 0 Å². The maximum Gasteiger partial charge on any atom is 0.295 e. The molecule has 1 amide bonds. The lowest BCUT2D eigenvalue weighted by Crippen LogP contribution is -3.06. The second kappa shape index (κ2) is 11.1. The predicted octanol–water partition coefficient (Wildman–Crippen LogP) is 2.71. The molecule has 1 aliphatic rings. The van der Waals surface area contributed by atoms with Crippen molar-refractivity contribution in [3.8, 4) is 5.75 Å². The number of quaternary nitrogens is 1. The van der Waals surface area contributed by atoms with E-state index in [-0.39, 0.29) is 5.57 Å². The quantitative estimate of drug-likeness (QED) is 0.267. The van der Waals surface area contributed by atoms with E-state index in [0.717, 1.165) is 20.5 Å². The van der Waals surface area contributed by atoms with Crippen molar-refractivity contribution in [2.24, 2.45) is 0 Å². The Kier molecular flexibility index (Phi) is 7.91. The molecule has 3 aromatic rings. The molecule has 3 aromatic carbocycles. The van der Waals surface area contributed by atoms with Crippen molar-refractivity contribution in [2.75, 3.05) is 27.2 Å². The van der Waals surface area contributed by atoms with Gasteiger partial charge in [0.05, 0.1) is 33.2 Å². The van der Waals surface area contributed by atoms with Gasteiger partial charge in [0.1, 0.15) is 12.4 Å². The van der Waals surface area contributed by atoms with Crippen molar-refractivity contribution in [3.05, 3.63) is 105 Å². The molecule has 0 radical (unpaired) electrons. The largest absolute Gasteiger partial charge is 0.872 e. The Labute approximate surface area is 219 Å². The molecule has 0 saturated carbocycles. The fourth-order valence-electron chi connectivity index (χ4n) is 4.33. The maximum atomic E-state index is 13.8. The van der Waals surface area contributed by atoms with E-state index in [0.29, 0.717) is 36.6 Å². The van der Waals surface area contributed by atoms with Crippen LogP contribution in [-0.4, -0.2) is 43.8 Å². The number of Topliss-reactive ketones (excluding diaryl/α,β-unsaturated/α-hetero) is 1. The zero-order valence-electron chi connectivity index (χ0n) is 20.6. The van der Waals surface area contributed by atoms with E-state index >= 15 is 0 Å². The lowest BCUT2D eigenvalue weighted by Gasteiger charge is -2.28. The summed E-state index contributed by atoms with van der Waals surface area (Å²) < 4.78 is 6.70. The molecule has 0 spiro atoms. The van der Waals surface area contributed by atoms with Crippen molar-refractivity contribution in [3.63, 3.8) is 0 Å². The molecule has 1 unspecified atom stereocenters. The fraction of sp³-hybridized carbons (Fsp3) is 0.241. The minimum Gasteiger partial charge on any atom is -0.872 e. The molecule has 7 heteroatoms. The molecule has 4 rings (SSSR count). The highest BCUT2D eigenvalue weighted by Gasteiger charge is 2.44. The summed E-state index contributed by atoms with van der Waals surface area (Å²) in [5.41, 5.74) is 2.83. The monoisotopic (exact) mass is 548 g/mol. The van der Waals surface area contributed by atoms with E-state index in [2.05, 4.69) is 15.9 Å². The molecular weight excluding hydrogens is 520 g/mol. The molecular formula is C29H29BrN2O4. The third-order valence-electron chi connectivity index (χ3n) is 6.24. The van der Waals surface area contributed by atoms with Gasteiger partial charge in [0.2, 0.25) is 5.78 Å². The van der Waals surface area contributed by atoms with Gasteiger partial charge in [-0.15, -0.1) is 0 Å². The average Bonchev–Trinajstić information content (AvgIpc) is 3.11. The van der Waals surface area contributed by atoms with Crippen LogP contribution in [0.15, 0.2) is 82.8 Å². The average molecular weight is 549 g/mol. The second-order valence-electron chi connectivity index (χ2n) is 9.24. The summed E-state index contributed by atoms with van der Waals surface area (Å²) in [6.07, 6.45) is 0. The number of benzene rings is 3. The van der Waals surface area contributed by atoms with Crippen molar-refractivity contribution in [2.45, 2.75) is 19.6 Å². The summed E-state index contributed by atoms with van der Waals surface area (Å²) in [6.45, 7) is 3.24. The summed E-state index contributed by atoms with van der Waals surface area (Å²) in [6, 6.07) is 21.7. The number of ether oxygens (including phenoxy) is 1. The molecule has 0 aromatic heterocycles. The minimum absolute atomic E-state index is 0.00656. The molecule has 1 saturated heterocycles. The summed E-state index contributed by atoms with van der Waals surface area (Å²) in [5, 5.41) is 13.8. The van der Waals surface area contributed by atoms with Gasteiger partial charge in [0.25, 0.3) is 5.91 Å². The van der Waals surface area contributed by atoms with E-state index < -0.39 is 23.5 Å². The summed E-state index contributed by atoms with van der Waals surface area (Å²) >= 11 is 3.47. The van der Waals surface area contributed by atoms with Crippen LogP contribution in [0, 0.1) is 6.92 Å². The fourth-order valence-corrected chi connectivity index (χ4v) is 4.75. The number of carbonyl (C=O) groups is 2. The molecule has 1 N–H and O–H groups in total. The van der Waals surface area contributed by atoms with Gasteiger partial charge < -0.3 is 19.6 Å². The van der Waals surface area contributed by atoms with Gasteiger partial charge in [0.15, 0.2) is 0 Å². The van der Waals surface area contributed by atoms with E-state index in [9.17, 15) is 14.7 Å². The first kappa shape index (κ1) is 25.7. The Morgan fingerprint density at radius 3 is 2.44 bits per heavy atom. The van der Waals surface area contributed by atoms with Crippen LogP contribution in [0.2, 0.25) is 0 Å². The normalized spacial score (nSPS) is 17.1. The third-order valence-corrected chi connectivity index (χ3v) is 6.73. The molecule has 186 valence electrons. The Morgan fingerprint density at radius 1 is 1.03 bits per heavy atom. The summed E-state index contributed by atoms with van der Waals surface area (Å²) in [4.78, 5) is 28.9. The van der Waals surface area contributed by atoms with Gasteiger partial charge in [0, 0.05) is 10.0 Å². The molecule has 1 fully saturated rings. The topological polar surface area (TPSA) is 74.1 Å². The molecule has 0 aliphatic carbocycles. The number of nitrogens with zero attached hydrogens (tertiary/aromatic N) is 1. The Morgan fingerprint density at radius 2 is 1.78 bits per heavy atom.